The molecule has 1 aliphatic rings. The van der Waals surface area contributed by atoms with Crippen LogP contribution in [0.15, 0.2) is 77.0 Å². The van der Waals surface area contributed by atoms with Crippen molar-refractivity contribution in [3.63, 3.8) is 0 Å². The molecule has 0 spiro atoms. The molecule has 2 amide bonds. The Morgan fingerprint density at radius 3 is 2.36 bits per heavy atom. The molecule has 0 bridgehead atoms. The van der Waals surface area contributed by atoms with Crippen molar-refractivity contribution in [1.82, 2.24) is 4.90 Å². The Morgan fingerprint density at radius 1 is 0.893 bits per heavy atom. The molecule has 7 heteroatoms. The van der Waals surface area contributed by atoms with Crippen molar-refractivity contribution in [2.24, 2.45) is 0 Å². The number of imide groups is 1. The molecule has 0 atom stereocenters. The number of benzene rings is 2. The van der Waals surface area contributed by atoms with E-state index in [4.69, 9.17) is 4.42 Å². The quantitative estimate of drug-likeness (QED) is 0.681. The van der Waals surface area contributed by atoms with Crippen LogP contribution in [-0.4, -0.2) is 16.7 Å². The maximum absolute atomic E-state index is 13.6. The number of hydrogen-bond donors (Lipinski definition) is 1. The van der Waals surface area contributed by atoms with Gasteiger partial charge >= 0.3 is 0 Å². The largest absolute Gasteiger partial charge is 0.467 e. The van der Waals surface area contributed by atoms with E-state index in [1.54, 1.807) is 42.5 Å². The highest BCUT2D eigenvalue weighted by Gasteiger charge is 2.39. The zero-order valence-electron chi connectivity index (χ0n) is 14.5. The molecule has 0 radical (unpaired) electrons. The van der Waals surface area contributed by atoms with Crippen LogP contribution < -0.4 is 5.32 Å². The van der Waals surface area contributed by atoms with E-state index in [9.17, 15) is 18.4 Å². The molecular weight excluding hydrogens is 366 g/mol. The van der Waals surface area contributed by atoms with E-state index in [0.717, 1.165) is 17.0 Å². The summed E-state index contributed by atoms with van der Waals surface area (Å²) in [4.78, 5) is 27.0. The van der Waals surface area contributed by atoms with E-state index < -0.39 is 23.4 Å². The number of carbonyl (C=O) groups is 2. The first-order valence-electron chi connectivity index (χ1n) is 8.45. The third-order valence-electron chi connectivity index (χ3n) is 4.31. The second-order valence-electron chi connectivity index (χ2n) is 6.15. The molecule has 140 valence electrons. The van der Waals surface area contributed by atoms with E-state index in [1.807, 2.05) is 0 Å². The maximum Gasteiger partial charge on any atom is 0.278 e. The number of rotatable bonds is 5. The topological polar surface area (TPSA) is 62.6 Å². The van der Waals surface area contributed by atoms with Crippen LogP contribution in [0.3, 0.4) is 0 Å². The molecular formula is C21H14F2N2O3. The molecule has 5 nitrogen and oxygen atoms in total. The lowest BCUT2D eigenvalue weighted by molar-refractivity contribution is -0.137. The lowest BCUT2D eigenvalue weighted by atomic mass is 10.0. The smallest absolute Gasteiger partial charge is 0.278 e. The minimum absolute atomic E-state index is 0.00577. The molecule has 3 aromatic rings. The first-order chi connectivity index (χ1) is 13.5. The van der Waals surface area contributed by atoms with Crippen molar-refractivity contribution in [3.8, 4) is 0 Å². The van der Waals surface area contributed by atoms with Gasteiger partial charge in [0.15, 0.2) is 11.6 Å². The van der Waals surface area contributed by atoms with E-state index in [2.05, 4.69) is 5.32 Å². The Morgan fingerprint density at radius 2 is 1.68 bits per heavy atom. The molecule has 0 saturated heterocycles. The highest BCUT2D eigenvalue weighted by molar-refractivity contribution is 6.36. The Hall–Kier alpha value is -3.74. The zero-order valence-corrected chi connectivity index (χ0v) is 14.5. The number of hydrogen-bond acceptors (Lipinski definition) is 4. The fourth-order valence-electron chi connectivity index (χ4n) is 2.98. The highest BCUT2D eigenvalue weighted by Crippen LogP contribution is 2.31. The standard InChI is InChI=1S/C21H14F2N2O3/c22-16-9-8-14(11-17(16)23)24-19-18(13-5-2-1-3-6-13)20(26)25(21(19)27)12-15-7-4-10-28-15/h1-11,24H,12H2. The van der Waals surface area contributed by atoms with E-state index in [1.165, 1.54) is 12.3 Å². The number of halogens is 2. The molecule has 1 aromatic heterocycles. The van der Waals surface area contributed by atoms with Crippen LogP contribution in [-0.2, 0) is 16.1 Å². The molecule has 2 heterocycles. The van der Waals surface area contributed by atoms with Crippen LogP contribution >= 0.6 is 0 Å². The minimum Gasteiger partial charge on any atom is -0.467 e. The van der Waals surface area contributed by atoms with Gasteiger partial charge in [-0.1, -0.05) is 30.3 Å². The van der Waals surface area contributed by atoms with E-state index >= 15 is 0 Å². The first-order valence-corrected chi connectivity index (χ1v) is 8.45. The fraction of sp³-hybridized carbons (Fsp3) is 0.0476. The summed E-state index contributed by atoms with van der Waals surface area (Å²) in [5.74, 6) is -2.70. The summed E-state index contributed by atoms with van der Waals surface area (Å²) in [6, 6.07) is 15.1. The van der Waals surface area contributed by atoms with E-state index in [0.29, 0.717) is 11.3 Å². The number of furan rings is 1. The molecule has 0 fully saturated rings. The summed E-state index contributed by atoms with van der Waals surface area (Å²) in [5.41, 5.74) is 0.840. The van der Waals surface area contributed by atoms with Gasteiger partial charge in [-0.2, -0.15) is 0 Å². The zero-order chi connectivity index (χ0) is 19.7. The van der Waals surface area contributed by atoms with Crippen LogP contribution in [0.4, 0.5) is 14.5 Å². The van der Waals surface area contributed by atoms with Crippen molar-refractivity contribution >= 4 is 23.1 Å². The fourth-order valence-corrected chi connectivity index (χ4v) is 2.98. The van der Waals surface area contributed by atoms with Crippen LogP contribution in [0.5, 0.6) is 0 Å². The Labute approximate surface area is 158 Å². The second-order valence-corrected chi connectivity index (χ2v) is 6.15. The summed E-state index contributed by atoms with van der Waals surface area (Å²) in [6.07, 6.45) is 1.45. The third-order valence-corrected chi connectivity index (χ3v) is 4.31. The van der Waals surface area contributed by atoms with Crippen LogP contribution in [0.2, 0.25) is 0 Å². The van der Waals surface area contributed by atoms with Crippen molar-refractivity contribution < 1.29 is 22.8 Å². The number of nitrogens with zero attached hydrogens (tertiary/aromatic N) is 1. The Bertz CT molecular complexity index is 1080. The number of carbonyl (C=O) groups excluding carboxylic acids is 2. The minimum atomic E-state index is -1.06. The monoisotopic (exact) mass is 380 g/mol. The molecule has 1 N–H and O–H groups in total. The number of anilines is 1. The SMILES string of the molecule is O=C1C(Nc2ccc(F)c(F)c2)=C(c2ccccc2)C(=O)N1Cc1ccco1. The van der Waals surface area contributed by atoms with Gasteiger partial charge in [-0.05, 0) is 29.8 Å². The Balaban J connectivity index is 1.75. The predicted octanol–water partition coefficient (Wildman–Crippen LogP) is 3.95. The lowest BCUT2D eigenvalue weighted by Gasteiger charge is -2.13. The average molecular weight is 380 g/mol. The van der Waals surface area contributed by atoms with Gasteiger partial charge in [0.05, 0.1) is 18.4 Å². The van der Waals surface area contributed by atoms with Gasteiger partial charge < -0.3 is 9.73 Å². The van der Waals surface area contributed by atoms with Crippen LogP contribution in [0, 0.1) is 11.6 Å². The van der Waals surface area contributed by atoms with Gasteiger partial charge in [0.25, 0.3) is 11.8 Å². The molecule has 1 aliphatic heterocycles. The molecule has 4 rings (SSSR count). The van der Waals surface area contributed by atoms with E-state index in [-0.39, 0.29) is 23.5 Å². The third kappa shape index (κ3) is 3.18. The lowest BCUT2D eigenvalue weighted by Crippen LogP contribution is -2.31. The summed E-state index contributed by atoms with van der Waals surface area (Å²) < 4.78 is 32.0. The normalized spacial score (nSPS) is 14.1. The van der Waals surface area contributed by atoms with Crippen molar-refractivity contribution in [2.75, 3.05) is 5.32 Å². The van der Waals surface area contributed by atoms with Gasteiger partial charge in [0.2, 0.25) is 0 Å². The van der Waals surface area contributed by atoms with Gasteiger partial charge in [-0.3, -0.25) is 14.5 Å². The molecule has 28 heavy (non-hydrogen) atoms. The molecule has 0 aliphatic carbocycles. The molecule has 2 aromatic carbocycles. The Kier molecular flexibility index (Phi) is 4.49. The van der Waals surface area contributed by atoms with Crippen molar-refractivity contribution in [2.45, 2.75) is 6.54 Å². The molecule has 0 saturated carbocycles. The van der Waals surface area contributed by atoms with Gasteiger partial charge in [-0.25, -0.2) is 8.78 Å². The predicted molar refractivity (Wildman–Crippen MR) is 97.6 cm³/mol. The van der Waals surface area contributed by atoms with Gasteiger partial charge in [-0.15, -0.1) is 0 Å². The highest BCUT2D eigenvalue weighted by atomic mass is 19.2. The van der Waals surface area contributed by atoms with Crippen molar-refractivity contribution in [3.05, 3.63) is 95.6 Å². The summed E-state index contributed by atoms with van der Waals surface area (Å²) in [7, 11) is 0. The van der Waals surface area contributed by atoms with Gasteiger partial charge in [0, 0.05) is 11.8 Å². The number of amides is 2. The second kappa shape index (κ2) is 7.11. The van der Waals surface area contributed by atoms with Gasteiger partial charge in [0.1, 0.15) is 11.5 Å². The van der Waals surface area contributed by atoms with Crippen molar-refractivity contribution in [1.29, 1.82) is 0 Å². The average Bonchev–Trinajstić information content (AvgIpc) is 3.29. The van der Waals surface area contributed by atoms with Crippen LogP contribution in [0.25, 0.3) is 5.57 Å². The summed E-state index contributed by atoms with van der Waals surface area (Å²) in [6.45, 7) is -0.0377. The first kappa shape index (κ1) is 17.7. The van der Waals surface area contributed by atoms with Crippen LogP contribution in [0.1, 0.15) is 11.3 Å². The summed E-state index contributed by atoms with van der Waals surface area (Å²) in [5, 5.41) is 2.78. The summed E-state index contributed by atoms with van der Waals surface area (Å²) >= 11 is 0. The molecule has 0 unspecified atom stereocenters. The maximum atomic E-state index is 13.6. The number of nitrogens with one attached hydrogen (secondary N) is 1.